The van der Waals surface area contributed by atoms with Gasteiger partial charge in [0.1, 0.15) is 5.69 Å². The number of anilines is 1. The lowest BCUT2D eigenvalue weighted by Gasteiger charge is -2.26. The number of hydrogen-bond acceptors (Lipinski definition) is 1. The van der Waals surface area contributed by atoms with Gasteiger partial charge in [-0.3, -0.25) is 4.79 Å². The summed E-state index contributed by atoms with van der Waals surface area (Å²) in [5, 5.41) is 4.24. The monoisotopic (exact) mass is 374 g/mol. The van der Waals surface area contributed by atoms with E-state index in [-0.39, 0.29) is 5.91 Å². The van der Waals surface area contributed by atoms with Gasteiger partial charge in [-0.1, -0.05) is 57.4 Å². The summed E-state index contributed by atoms with van der Waals surface area (Å²) >= 11 is 0. The van der Waals surface area contributed by atoms with Gasteiger partial charge in [0.15, 0.2) is 0 Å². The Kier molecular flexibility index (Phi) is 5.25. The van der Waals surface area contributed by atoms with Crippen LogP contribution in [0.1, 0.15) is 79.4 Å². The van der Waals surface area contributed by atoms with Crippen LogP contribution in [0.3, 0.4) is 0 Å². The number of nitrogens with one attached hydrogen (secondary N) is 1. The van der Waals surface area contributed by atoms with E-state index in [1.807, 2.05) is 41.9 Å². The molecule has 2 aromatic carbocycles. The van der Waals surface area contributed by atoms with Gasteiger partial charge < -0.3 is 9.88 Å². The number of fused-ring (bicyclic) bond motifs is 1. The molecule has 0 bridgehead atoms. The Hall–Kier alpha value is -2.55. The number of carbonyl (C=O) groups is 1. The molecule has 1 fully saturated rings. The van der Waals surface area contributed by atoms with Crippen LogP contribution in [-0.2, 0) is 7.05 Å². The van der Waals surface area contributed by atoms with Crippen LogP contribution in [0.5, 0.6) is 0 Å². The van der Waals surface area contributed by atoms with E-state index in [4.69, 9.17) is 0 Å². The molecule has 1 N–H and O–H groups in total. The minimum Gasteiger partial charge on any atom is -0.340 e. The normalized spacial score (nSPS) is 15.3. The average molecular weight is 375 g/mol. The second-order valence-electron chi connectivity index (χ2n) is 8.43. The van der Waals surface area contributed by atoms with Gasteiger partial charge in [0.25, 0.3) is 5.91 Å². The Labute approximate surface area is 167 Å². The SMILES string of the molecule is CC(C)c1ccc(NC(=O)c2cc3ccccc3n2C)cc1C1CCCCC1. The maximum absolute atomic E-state index is 13.0. The molecule has 0 saturated heterocycles. The molecular formula is C25H30N2O. The van der Waals surface area contributed by atoms with E-state index in [1.165, 1.54) is 43.2 Å². The molecule has 146 valence electrons. The third-order valence-corrected chi connectivity index (χ3v) is 6.20. The van der Waals surface area contributed by atoms with Crippen LogP contribution >= 0.6 is 0 Å². The van der Waals surface area contributed by atoms with Crippen LogP contribution in [0.25, 0.3) is 10.9 Å². The average Bonchev–Trinajstić information content (AvgIpc) is 3.05. The van der Waals surface area contributed by atoms with Gasteiger partial charge in [-0.25, -0.2) is 0 Å². The number of carbonyl (C=O) groups excluding carboxylic acids is 1. The van der Waals surface area contributed by atoms with E-state index in [1.54, 1.807) is 0 Å². The highest BCUT2D eigenvalue weighted by molar-refractivity contribution is 6.06. The van der Waals surface area contributed by atoms with Crippen LogP contribution in [-0.4, -0.2) is 10.5 Å². The first-order valence-corrected chi connectivity index (χ1v) is 10.5. The van der Waals surface area contributed by atoms with Crippen molar-refractivity contribution in [3.8, 4) is 0 Å². The number of amides is 1. The van der Waals surface area contributed by atoms with Crippen LogP contribution in [0, 0.1) is 0 Å². The quantitative estimate of drug-likeness (QED) is 0.548. The van der Waals surface area contributed by atoms with Crippen molar-refractivity contribution in [2.24, 2.45) is 7.05 Å². The number of benzene rings is 2. The Morgan fingerprint density at radius 3 is 2.50 bits per heavy atom. The molecule has 1 saturated carbocycles. The Morgan fingerprint density at radius 2 is 1.79 bits per heavy atom. The summed E-state index contributed by atoms with van der Waals surface area (Å²) in [7, 11) is 1.95. The van der Waals surface area contributed by atoms with Crippen molar-refractivity contribution < 1.29 is 4.79 Å². The van der Waals surface area contributed by atoms with Crippen molar-refractivity contribution >= 4 is 22.5 Å². The number of hydrogen-bond donors (Lipinski definition) is 1. The summed E-state index contributed by atoms with van der Waals surface area (Å²) in [6.07, 6.45) is 6.51. The fraction of sp³-hybridized carbons (Fsp3) is 0.400. The predicted molar refractivity (Wildman–Crippen MR) is 117 cm³/mol. The lowest BCUT2D eigenvalue weighted by atomic mass is 9.80. The fourth-order valence-electron chi connectivity index (χ4n) is 4.65. The summed E-state index contributed by atoms with van der Waals surface area (Å²) < 4.78 is 1.97. The van der Waals surface area contributed by atoms with Crippen LogP contribution in [0.2, 0.25) is 0 Å². The zero-order chi connectivity index (χ0) is 19.7. The van der Waals surface area contributed by atoms with E-state index in [9.17, 15) is 4.79 Å². The maximum atomic E-state index is 13.0. The minimum atomic E-state index is -0.0504. The van der Waals surface area contributed by atoms with Crippen LogP contribution < -0.4 is 5.32 Å². The summed E-state index contributed by atoms with van der Waals surface area (Å²) in [4.78, 5) is 13.0. The zero-order valence-corrected chi connectivity index (χ0v) is 17.2. The van der Waals surface area contributed by atoms with Crippen molar-refractivity contribution in [1.29, 1.82) is 0 Å². The van der Waals surface area contributed by atoms with Crippen LogP contribution in [0.4, 0.5) is 5.69 Å². The van der Waals surface area contributed by atoms with Crippen molar-refractivity contribution in [1.82, 2.24) is 4.57 Å². The zero-order valence-electron chi connectivity index (χ0n) is 17.2. The van der Waals surface area contributed by atoms with Gasteiger partial charge in [0.05, 0.1) is 0 Å². The van der Waals surface area contributed by atoms with E-state index in [0.29, 0.717) is 17.5 Å². The lowest BCUT2D eigenvalue weighted by molar-refractivity contribution is 0.101. The number of nitrogens with zero attached hydrogens (tertiary/aromatic N) is 1. The third kappa shape index (κ3) is 3.58. The molecule has 3 heteroatoms. The second kappa shape index (κ2) is 7.83. The summed E-state index contributed by atoms with van der Waals surface area (Å²) in [5.41, 5.74) is 5.53. The first-order chi connectivity index (χ1) is 13.5. The van der Waals surface area contributed by atoms with Crippen molar-refractivity contribution in [2.75, 3.05) is 5.32 Å². The van der Waals surface area contributed by atoms with Crippen molar-refractivity contribution in [3.05, 3.63) is 65.4 Å². The first kappa shape index (κ1) is 18.8. The molecule has 1 aromatic heterocycles. The van der Waals surface area contributed by atoms with Gasteiger partial charge in [0.2, 0.25) is 0 Å². The standard InChI is InChI=1S/C25H30N2O/c1-17(2)21-14-13-20(16-22(21)18-9-5-4-6-10-18)26-25(28)24-15-19-11-7-8-12-23(19)27(24)3/h7-8,11-18H,4-6,9-10H2,1-3H3,(H,26,28). The number of para-hydroxylation sites is 1. The lowest BCUT2D eigenvalue weighted by Crippen LogP contribution is -2.16. The molecule has 4 rings (SSSR count). The van der Waals surface area contributed by atoms with Crippen molar-refractivity contribution in [2.45, 2.75) is 57.8 Å². The molecule has 0 radical (unpaired) electrons. The number of rotatable bonds is 4. The second-order valence-corrected chi connectivity index (χ2v) is 8.43. The van der Waals surface area contributed by atoms with Gasteiger partial charge in [-0.15, -0.1) is 0 Å². The molecule has 0 atom stereocenters. The molecule has 1 aliphatic carbocycles. The van der Waals surface area contributed by atoms with Gasteiger partial charge in [-0.2, -0.15) is 0 Å². The van der Waals surface area contributed by atoms with Gasteiger partial charge >= 0.3 is 0 Å². The topological polar surface area (TPSA) is 34.0 Å². The van der Waals surface area contributed by atoms with E-state index < -0.39 is 0 Å². The fourth-order valence-corrected chi connectivity index (χ4v) is 4.65. The molecule has 1 heterocycles. The molecule has 3 nitrogen and oxygen atoms in total. The van der Waals surface area contributed by atoms with E-state index in [0.717, 1.165) is 16.6 Å². The highest BCUT2D eigenvalue weighted by Crippen LogP contribution is 2.38. The molecule has 1 aliphatic rings. The van der Waals surface area contributed by atoms with Gasteiger partial charge in [-0.05, 0) is 60.1 Å². The smallest absolute Gasteiger partial charge is 0.272 e. The molecule has 28 heavy (non-hydrogen) atoms. The largest absolute Gasteiger partial charge is 0.340 e. The Morgan fingerprint density at radius 1 is 1.04 bits per heavy atom. The minimum absolute atomic E-state index is 0.0504. The molecular weight excluding hydrogens is 344 g/mol. The summed E-state index contributed by atoms with van der Waals surface area (Å²) in [6.45, 7) is 4.52. The van der Waals surface area contributed by atoms with E-state index in [2.05, 4.69) is 37.4 Å². The Balaban J connectivity index is 1.63. The van der Waals surface area contributed by atoms with Crippen LogP contribution in [0.15, 0.2) is 48.5 Å². The number of aromatic nitrogens is 1. The highest BCUT2D eigenvalue weighted by atomic mass is 16.1. The third-order valence-electron chi connectivity index (χ3n) is 6.20. The number of aryl methyl sites for hydroxylation is 1. The molecule has 1 amide bonds. The molecule has 0 unspecified atom stereocenters. The Bertz CT molecular complexity index is 993. The van der Waals surface area contributed by atoms with Gasteiger partial charge in [0, 0.05) is 23.6 Å². The summed E-state index contributed by atoms with van der Waals surface area (Å²) in [6, 6.07) is 16.6. The first-order valence-electron chi connectivity index (χ1n) is 10.5. The highest BCUT2D eigenvalue weighted by Gasteiger charge is 2.21. The summed E-state index contributed by atoms with van der Waals surface area (Å²) in [5.74, 6) is 1.08. The molecule has 0 spiro atoms. The molecule has 3 aromatic rings. The predicted octanol–water partition coefficient (Wildman–Crippen LogP) is 6.60. The van der Waals surface area contributed by atoms with E-state index >= 15 is 0 Å². The molecule has 0 aliphatic heterocycles. The maximum Gasteiger partial charge on any atom is 0.272 e. The van der Waals surface area contributed by atoms with Crippen molar-refractivity contribution in [3.63, 3.8) is 0 Å².